The molecule has 0 bridgehead atoms. The minimum absolute atomic E-state index is 0.0110. The maximum Gasteiger partial charge on any atom is 0.333 e. The van der Waals surface area contributed by atoms with Crippen molar-refractivity contribution >= 4 is 14.3 Å². The summed E-state index contributed by atoms with van der Waals surface area (Å²) < 4.78 is 11.1. The van der Waals surface area contributed by atoms with Crippen LogP contribution in [0.15, 0.2) is 11.6 Å². The summed E-state index contributed by atoms with van der Waals surface area (Å²) in [6.45, 7) is 12.5. The van der Waals surface area contributed by atoms with E-state index >= 15 is 0 Å². The summed E-state index contributed by atoms with van der Waals surface area (Å²) >= 11 is 0. The van der Waals surface area contributed by atoms with E-state index < -0.39 is 32.6 Å². The van der Waals surface area contributed by atoms with Crippen LogP contribution in [0.2, 0.25) is 18.1 Å². The van der Waals surface area contributed by atoms with Crippen molar-refractivity contribution in [1.82, 2.24) is 0 Å². The predicted molar refractivity (Wildman–Crippen MR) is 83.4 cm³/mol. The molecule has 2 N–H and O–H groups in total. The van der Waals surface area contributed by atoms with E-state index in [2.05, 4.69) is 33.9 Å². The molecule has 0 spiro atoms. The van der Waals surface area contributed by atoms with Crippen LogP contribution in [0, 0.1) is 0 Å². The monoisotopic (exact) mass is 316 g/mol. The van der Waals surface area contributed by atoms with Crippen LogP contribution in [-0.2, 0) is 14.0 Å². The van der Waals surface area contributed by atoms with Gasteiger partial charge in [0.05, 0.1) is 12.7 Å². The Kier molecular flexibility index (Phi) is 5.77. The van der Waals surface area contributed by atoms with Crippen molar-refractivity contribution in [2.24, 2.45) is 0 Å². The van der Waals surface area contributed by atoms with Gasteiger partial charge in [-0.2, -0.15) is 0 Å². The molecule has 0 radical (unpaired) electrons. The summed E-state index contributed by atoms with van der Waals surface area (Å²) in [5.41, 5.74) is 0.373. The highest BCUT2D eigenvalue weighted by Crippen LogP contribution is 2.39. The maximum atomic E-state index is 11.8. The van der Waals surface area contributed by atoms with E-state index in [0.717, 1.165) is 0 Å². The van der Waals surface area contributed by atoms with Gasteiger partial charge in [0.15, 0.2) is 8.32 Å². The van der Waals surface area contributed by atoms with Crippen molar-refractivity contribution in [2.75, 3.05) is 6.61 Å². The van der Waals surface area contributed by atoms with Gasteiger partial charge in [-0.05, 0) is 31.1 Å². The molecule has 0 unspecified atom stereocenters. The summed E-state index contributed by atoms with van der Waals surface area (Å²) in [6.07, 6.45) is -1.06. The Morgan fingerprint density at radius 3 is 2.43 bits per heavy atom. The first-order chi connectivity index (χ1) is 9.49. The zero-order valence-corrected chi connectivity index (χ0v) is 14.8. The Morgan fingerprint density at radius 2 is 1.95 bits per heavy atom. The number of ether oxygens (including phenoxy) is 1. The average molecular weight is 316 g/mol. The number of esters is 1. The maximum absolute atomic E-state index is 11.8. The quantitative estimate of drug-likeness (QED) is 0.613. The van der Waals surface area contributed by atoms with Crippen LogP contribution in [0.25, 0.3) is 0 Å². The molecule has 122 valence electrons. The van der Waals surface area contributed by atoms with Gasteiger partial charge in [0.2, 0.25) is 0 Å². The Morgan fingerprint density at radius 1 is 1.38 bits per heavy atom. The molecular formula is C15H28O5Si. The molecule has 21 heavy (non-hydrogen) atoms. The van der Waals surface area contributed by atoms with E-state index in [9.17, 15) is 15.0 Å². The smallest absolute Gasteiger partial charge is 0.333 e. The molecule has 6 heteroatoms. The average Bonchev–Trinajstić information content (AvgIpc) is 2.33. The fourth-order valence-corrected chi connectivity index (χ4v) is 3.31. The van der Waals surface area contributed by atoms with Crippen LogP contribution in [0.5, 0.6) is 0 Å². The van der Waals surface area contributed by atoms with Crippen molar-refractivity contribution in [3.63, 3.8) is 0 Å². The fraction of sp³-hybridized carbons (Fsp3) is 0.800. The van der Waals surface area contributed by atoms with E-state index in [4.69, 9.17) is 9.16 Å². The zero-order valence-electron chi connectivity index (χ0n) is 13.8. The summed E-state index contributed by atoms with van der Waals surface area (Å²) in [5.74, 6) is -0.452. The second kappa shape index (κ2) is 6.60. The van der Waals surface area contributed by atoms with Crippen molar-refractivity contribution in [2.45, 2.75) is 70.6 Å². The van der Waals surface area contributed by atoms with Gasteiger partial charge in [0.1, 0.15) is 12.2 Å². The van der Waals surface area contributed by atoms with Gasteiger partial charge >= 0.3 is 5.97 Å². The molecule has 0 saturated carbocycles. The lowest BCUT2D eigenvalue weighted by molar-refractivity contribution is -0.139. The summed E-state index contributed by atoms with van der Waals surface area (Å²) in [7, 11) is -2.10. The zero-order chi connectivity index (χ0) is 16.4. The topological polar surface area (TPSA) is 76.0 Å². The normalized spacial score (nSPS) is 27.2. The van der Waals surface area contributed by atoms with Crippen LogP contribution in [0.4, 0.5) is 0 Å². The number of hydrogen-bond donors (Lipinski definition) is 2. The van der Waals surface area contributed by atoms with Crippen LogP contribution in [0.3, 0.4) is 0 Å². The molecule has 3 atom stereocenters. The van der Waals surface area contributed by atoms with Crippen molar-refractivity contribution < 1.29 is 24.2 Å². The molecule has 0 aromatic rings. The SMILES string of the molecule is CCOC(=O)C1=C[C@@H](O)[C@H](O)[C@@H](O[Si](C)(C)C(C)(C)C)C1. The number of hydrogen-bond acceptors (Lipinski definition) is 5. The largest absolute Gasteiger partial charge is 0.463 e. The lowest BCUT2D eigenvalue weighted by atomic mass is 9.92. The predicted octanol–water partition coefficient (Wildman–Crippen LogP) is 1.99. The Balaban J connectivity index is 2.90. The van der Waals surface area contributed by atoms with E-state index in [1.54, 1.807) is 6.92 Å². The molecule has 1 aliphatic rings. The first-order valence-electron chi connectivity index (χ1n) is 7.41. The van der Waals surface area contributed by atoms with E-state index in [1.165, 1.54) is 6.08 Å². The standard InChI is InChI=1S/C15H28O5Si/c1-7-19-14(18)10-8-11(16)13(17)12(9-10)20-21(5,6)15(2,3)4/h8,11-13,16-17H,7,9H2,1-6H3/t11-,12+,13+/m1/s1. The molecular weight excluding hydrogens is 288 g/mol. The molecule has 0 fully saturated rings. The molecule has 0 saturated heterocycles. The molecule has 1 aliphatic carbocycles. The van der Waals surface area contributed by atoms with Gasteiger partial charge < -0.3 is 19.4 Å². The fourth-order valence-electron chi connectivity index (χ4n) is 1.97. The van der Waals surface area contributed by atoms with Gasteiger partial charge in [-0.3, -0.25) is 0 Å². The van der Waals surface area contributed by atoms with Gasteiger partial charge in [0, 0.05) is 12.0 Å². The Bertz CT molecular complexity index is 411. The highest BCUT2D eigenvalue weighted by Gasteiger charge is 2.43. The van der Waals surface area contributed by atoms with Gasteiger partial charge in [-0.1, -0.05) is 20.8 Å². The summed E-state index contributed by atoms with van der Waals surface area (Å²) in [4.78, 5) is 11.8. The van der Waals surface area contributed by atoms with Crippen LogP contribution < -0.4 is 0 Å². The third kappa shape index (κ3) is 4.39. The lowest BCUT2D eigenvalue weighted by Crippen LogP contribution is -2.51. The van der Waals surface area contributed by atoms with E-state index in [1.807, 2.05) is 0 Å². The van der Waals surface area contributed by atoms with Crippen molar-refractivity contribution in [3.05, 3.63) is 11.6 Å². The Labute approximate surface area is 128 Å². The molecule has 0 aliphatic heterocycles. The van der Waals surface area contributed by atoms with Crippen LogP contribution in [0.1, 0.15) is 34.1 Å². The minimum Gasteiger partial charge on any atom is -0.463 e. The number of aliphatic hydroxyl groups excluding tert-OH is 2. The summed E-state index contributed by atoms with van der Waals surface area (Å²) in [6, 6.07) is 0. The molecule has 0 aromatic heterocycles. The van der Waals surface area contributed by atoms with E-state index in [0.29, 0.717) is 5.57 Å². The second-order valence-corrected chi connectivity index (χ2v) is 11.8. The first-order valence-corrected chi connectivity index (χ1v) is 10.3. The van der Waals surface area contributed by atoms with Gasteiger partial charge in [0.25, 0.3) is 0 Å². The molecule has 0 heterocycles. The third-order valence-electron chi connectivity index (χ3n) is 4.31. The lowest BCUT2D eigenvalue weighted by Gasteiger charge is -2.42. The number of aliphatic hydroxyl groups is 2. The first kappa shape index (κ1) is 18.4. The number of carbonyl (C=O) groups is 1. The molecule has 1 rings (SSSR count). The van der Waals surface area contributed by atoms with Gasteiger partial charge in [-0.15, -0.1) is 0 Å². The van der Waals surface area contributed by atoms with Crippen molar-refractivity contribution in [1.29, 1.82) is 0 Å². The van der Waals surface area contributed by atoms with Crippen LogP contribution >= 0.6 is 0 Å². The molecule has 0 aromatic carbocycles. The number of rotatable bonds is 4. The highest BCUT2D eigenvalue weighted by molar-refractivity contribution is 6.74. The molecule has 0 amide bonds. The second-order valence-electron chi connectivity index (χ2n) is 7.01. The minimum atomic E-state index is -2.10. The van der Waals surface area contributed by atoms with Crippen molar-refractivity contribution in [3.8, 4) is 0 Å². The van der Waals surface area contributed by atoms with E-state index in [-0.39, 0.29) is 18.1 Å². The van der Waals surface area contributed by atoms with Crippen LogP contribution in [-0.4, -0.2) is 49.4 Å². The third-order valence-corrected chi connectivity index (χ3v) is 8.82. The molecule has 5 nitrogen and oxygen atoms in total. The van der Waals surface area contributed by atoms with Gasteiger partial charge in [-0.25, -0.2) is 4.79 Å². The summed E-state index contributed by atoms with van der Waals surface area (Å²) in [5, 5.41) is 20.1. The number of carbonyl (C=O) groups excluding carboxylic acids is 1. The Hall–Kier alpha value is -0.693. The highest BCUT2D eigenvalue weighted by atomic mass is 28.4.